The number of hydrogen-bond acceptors (Lipinski definition) is 4. The van der Waals surface area contributed by atoms with Crippen molar-refractivity contribution >= 4 is 21.4 Å². The largest absolute Gasteiger partial charge is 0.391 e. The van der Waals surface area contributed by atoms with E-state index in [2.05, 4.69) is 18.6 Å². The number of rotatable bonds is 4. The Hall–Kier alpha value is -0.430. The third-order valence-electron chi connectivity index (χ3n) is 3.58. The lowest BCUT2D eigenvalue weighted by Crippen LogP contribution is -2.40. The number of thiophene rings is 1. The summed E-state index contributed by atoms with van der Waals surface area (Å²) >= 11 is 1.13. The molecule has 0 bridgehead atoms. The molecule has 2 rings (SSSR count). The maximum atomic E-state index is 12.3. The van der Waals surface area contributed by atoms with Crippen LogP contribution in [0.2, 0.25) is 0 Å². The Morgan fingerprint density at radius 2 is 2.21 bits per heavy atom. The Bertz CT molecular complexity index is 534. The van der Waals surface area contributed by atoms with E-state index in [4.69, 9.17) is 5.11 Å². The lowest BCUT2D eigenvalue weighted by Gasteiger charge is -2.35. The van der Waals surface area contributed by atoms with Gasteiger partial charge >= 0.3 is 0 Å². The van der Waals surface area contributed by atoms with Crippen molar-refractivity contribution in [2.24, 2.45) is 5.41 Å². The molecule has 0 aliphatic heterocycles. The molecular formula is C13H21NO3S2. The molecule has 0 radical (unpaired) electrons. The predicted molar refractivity (Wildman–Crippen MR) is 76.6 cm³/mol. The minimum absolute atomic E-state index is 0.0217. The average molecular weight is 303 g/mol. The van der Waals surface area contributed by atoms with E-state index in [0.29, 0.717) is 9.09 Å². The zero-order valence-electron chi connectivity index (χ0n) is 11.3. The van der Waals surface area contributed by atoms with Gasteiger partial charge in [0.2, 0.25) is 10.0 Å². The van der Waals surface area contributed by atoms with Gasteiger partial charge in [0, 0.05) is 10.9 Å². The van der Waals surface area contributed by atoms with Gasteiger partial charge in [-0.2, -0.15) is 0 Å². The van der Waals surface area contributed by atoms with E-state index in [9.17, 15) is 8.42 Å². The van der Waals surface area contributed by atoms with Crippen molar-refractivity contribution < 1.29 is 13.5 Å². The highest BCUT2D eigenvalue weighted by Gasteiger charge is 2.31. The monoisotopic (exact) mass is 303 g/mol. The molecule has 1 aliphatic rings. The van der Waals surface area contributed by atoms with Gasteiger partial charge < -0.3 is 5.11 Å². The van der Waals surface area contributed by atoms with Gasteiger partial charge in [-0.3, -0.25) is 0 Å². The third-order valence-corrected chi connectivity index (χ3v) is 6.67. The molecule has 1 atom stereocenters. The average Bonchev–Trinajstić information content (AvgIpc) is 2.76. The third kappa shape index (κ3) is 3.78. The fourth-order valence-electron chi connectivity index (χ4n) is 2.66. The van der Waals surface area contributed by atoms with Crippen molar-refractivity contribution in [1.29, 1.82) is 0 Å². The molecule has 108 valence electrons. The van der Waals surface area contributed by atoms with Gasteiger partial charge in [0.1, 0.15) is 4.21 Å². The number of hydrogen-bond donors (Lipinski definition) is 2. The SMILES string of the molecule is CC1(C)CCCC(NS(=O)(=O)c2ccc(CO)s2)C1. The summed E-state index contributed by atoms with van der Waals surface area (Å²) in [7, 11) is -3.44. The van der Waals surface area contributed by atoms with Gasteiger partial charge in [-0.05, 0) is 36.8 Å². The van der Waals surface area contributed by atoms with Crippen molar-refractivity contribution in [3.8, 4) is 0 Å². The van der Waals surface area contributed by atoms with Crippen LogP contribution < -0.4 is 4.72 Å². The topological polar surface area (TPSA) is 66.4 Å². The zero-order valence-corrected chi connectivity index (χ0v) is 13.0. The van der Waals surface area contributed by atoms with Gasteiger partial charge in [-0.15, -0.1) is 11.3 Å². The zero-order chi connectivity index (χ0) is 14.1. The molecule has 1 saturated carbocycles. The maximum Gasteiger partial charge on any atom is 0.250 e. The van der Waals surface area contributed by atoms with E-state index in [1.165, 1.54) is 0 Å². The standard InChI is InChI=1S/C13H21NO3S2/c1-13(2)7-3-4-10(8-13)14-19(16,17)12-6-5-11(9-15)18-12/h5-6,10,14-15H,3-4,7-9H2,1-2H3. The first kappa shape index (κ1) is 15.0. The fourth-order valence-corrected chi connectivity index (χ4v) is 5.17. The molecule has 1 heterocycles. The molecular weight excluding hydrogens is 282 g/mol. The normalized spacial score (nSPS) is 23.4. The van der Waals surface area contributed by atoms with Crippen molar-refractivity contribution in [2.75, 3.05) is 0 Å². The molecule has 1 fully saturated rings. The van der Waals surface area contributed by atoms with Crippen LogP contribution in [0.15, 0.2) is 16.3 Å². The Morgan fingerprint density at radius 3 is 2.79 bits per heavy atom. The van der Waals surface area contributed by atoms with E-state index in [-0.39, 0.29) is 18.1 Å². The quantitative estimate of drug-likeness (QED) is 0.898. The highest BCUT2D eigenvalue weighted by molar-refractivity contribution is 7.91. The van der Waals surface area contributed by atoms with E-state index >= 15 is 0 Å². The summed E-state index contributed by atoms with van der Waals surface area (Å²) in [4.78, 5) is 0.671. The van der Waals surface area contributed by atoms with Crippen molar-refractivity contribution in [3.63, 3.8) is 0 Å². The molecule has 19 heavy (non-hydrogen) atoms. The van der Waals surface area contributed by atoms with Gasteiger partial charge in [-0.25, -0.2) is 13.1 Å². The van der Waals surface area contributed by atoms with Gasteiger partial charge in [0.25, 0.3) is 0 Å². The van der Waals surface area contributed by atoms with Crippen LogP contribution in [0.1, 0.15) is 44.4 Å². The first-order chi connectivity index (χ1) is 8.82. The number of aliphatic hydroxyl groups is 1. The molecule has 1 aromatic rings. The van der Waals surface area contributed by atoms with Crippen LogP contribution in [0.4, 0.5) is 0 Å². The molecule has 0 saturated heterocycles. The second kappa shape index (κ2) is 5.52. The molecule has 0 amide bonds. The lowest BCUT2D eigenvalue weighted by atomic mass is 9.75. The van der Waals surface area contributed by atoms with Crippen molar-refractivity contribution in [2.45, 2.75) is 56.4 Å². The summed E-state index contributed by atoms with van der Waals surface area (Å²) in [6.07, 6.45) is 4.00. The van der Waals surface area contributed by atoms with E-state index in [0.717, 1.165) is 37.0 Å². The van der Waals surface area contributed by atoms with Crippen LogP contribution in [0.5, 0.6) is 0 Å². The van der Waals surface area contributed by atoms with Crippen molar-refractivity contribution in [1.82, 2.24) is 4.72 Å². The van der Waals surface area contributed by atoms with E-state index in [1.807, 2.05) is 0 Å². The first-order valence-corrected chi connectivity index (χ1v) is 8.84. The number of aliphatic hydroxyl groups excluding tert-OH is 1. The van der Waals surface area contributed by atoms with Crippen LogP contribution in [-0.4, -0.2) is 19.6 Å². The second-order valence-corrected chi connectivity index (χ2v) is 9.07. The molecule has 4 nitrogen and oxygen atoms in total. The summed E-state index contributed by atoms with van der Waals surface area (Å²) in [5, 5.41) is 9.00. The second-order valence-electron chi connectivity index (χ2n) is 5.96. The van der Waals surface area contributed by atoms with Crippen LogP contribution in [0, 0.1) is 5.41 Å². The summed E-state index contributed by atoms with van der Waals surface area (Å²) in [6, 6.07) is 3.24. The van der Waals surface area contributed by atoms with Gasteiger partial charge in [0.15, 0.2) is 0 Å². The fraction of sp³-hybridized carbons (Fsp3) is 0.692. The predicted octanol–water partition coefficient (Wildman–Crippen LogP) is 2.49. The smallest absolute Gasteiger partial charge is 0.250 e. The first-order valence-electron chi connectivity index (χ1n) is 6.54. The number of nitrogens with one attached hydrogen (secondary N) is 1. The summed E-state index contributed by atoms with van der Waals surface area (Å²) in [5.41, 5.74) is 0.206. The van der Waals surface area contributed by atoms with Gasteiger partial charge in [0.05, 0.1) is 6.61 Å². The van der Waals surface area contributed by atoms with Crippen LogP contribution in [0.3, 0.4) is 0 Å². The van der Waals surface area contributed by atoms with Crippen LogP contribution in [-0.2, 0) is 16.6 Å². The molecule has 2 N–H and O–H groups in total. The molecule has 1 unspecified atom stereocenters. The van der Waals surface area contributed by atoms with Gasteiger partial charge in [-0.1, -0.05) is 20.3 Å². The Kier molecular flexibility index (Phi) is 4.35. The van der Waals surface area contributed by atoms with Crippen LogP contribution in [0.25, 0.3) is 0 Å². The van der Waals surface area contributed by atoms with E-state index in [1.54, 1.807) is 12.1 Å². The summed E-state index contributed by atoms with van der Waals surface area (Å²) < 4.78 is 27.6. The highest BCUT2D eigenvalue weighted by atomic mass is 32.2. The summed E-state index contributed by atoms with van der Waals surface area (Å²) in [6.45, 7) is 4.25. The van der Waals surface area contributed by atoms with Crippen LogP contribution >= 0.6 is 11.3 Å². The Morgan fingerprint density at radius 1 is 1.47 bits per heavy atom. The number of sulfonamides is 1. The van der Waals surface area contributed by atoms with E-state index < -0.39 is 10.0 Å². The lowest BCUT2D eigenvalue weighted by molar-refractivity contribution is 0.212. The molecule has 1 aliphatic carbocycles. The molecule has 1 aromatic heterocycles. The minimum atomic E-state index is -3.44. The van der Waals surface area contributed by atoms with Crippen molar-refractivity contribution in [3.05, 3.63) is 17.0 Å². The molecule has 6 heteroatoms. The summed E-state index contributed by atoms with van der Waals surface area (Å²) in [5.74, 6) is 0. The Balaban J connectivity index is 2.09. The molecule has 0 spiro atoms. The maximum absolute atomic E-state index is 12.3. The minimum Gasteiger partial charge on any atom is -0.391 e. The molecule has 0 aromatic carbocycles. The Labute approximate surface area is 118 Å². The highest BCUT2D eigenvalue weighted by Crippen LogP contribution is 2.35.